The van der Waals surface area contributed by atoms with Crippen LogP contribution < -0.4 is 9.62 Å². The molecule has 1 N–H and O–H groups in total. The number of anilines is 1. The van der Waals surface area contributed by atoms with Gasteiger partial charge in [0.25, 0.3) is 0 Å². The third kappa shape index (κ3) is 9.20. The van der Waals surface area contributed by atoms with Gasteiger partial charge in [0.1, 0.15) is 6.04 Å². The second kappa shape index (κ2) is 14.0. The van der Waals surface area contributed by atoms with Gasteiger partial charge in [-0.05, 0) is 55.0 Å². The summed E-state index contributed by atoms with van der Waals surface area (Å²) in [7, 11) is -3.55. The summed E-state index contributed by atoms with van der Waals surface area (Å²) >= 11 is 12.4. The van der Waals surface area contributed by atoms with Crippen LogP contribution in [0.3, 0.4) is 0 Å². The number of nitrogens with zero attached hydrogens (tertiary/aromatic N) is 2. The lowest BCUT2D eigenvalue weighted by Gasteiger charge is -2.31. The van der Waals surface area contributed by atoms with Crippen LogP contribution in [0.5, 0.6) is 0 Å². The Labute approximate surface area is 231 Å². The van der Waals surface area contributed by atoms with Crippen molar-refractivity contribution >= 4 is 50.7 Å². The number of carbonyl (C=O) groups excluding carboxylic acids is 2. The van der Waals surface area contributed by atoms with Crippen molar-refractivity contribution in [2.45, 2.75) is 59.5 Å². The average molecular weight is 571 g/mol. The van der Waals surface area contributed by atoms with Gasteiger partial charge >= 0.3 is 0 Å². The summed E-state index contributed by atoms with van der Waals surface area (Å²) < 4.78 is 26.4. The maximum absolute atomic E-state index is 13.5. The lowest BCUT2D eigenvalue weighted by atomic mass is 10.1. The number of hydrogen-bond acceptors (Lipinski definition) is 4. The van der Waals surface area contributed by atoms with Gasteiger partial charge in [0.05, 0.1) is 11.9 Å². The van der Waals surface area contributed by atoms with E-state index in [0.717, 1.165) is 11.8 Å². The maximum atomic E-state index is 13.5. The molecule has 0 saturated carbocycles. The molecule has 1 atom stereocenters. The summed E-state index contributed by atoms with van der Waals surface area (Å²) in [5, 5.41) is 3.81. The third-order valence-electron chi connectivity index (χ3n) is 5.96. The highest BCUT2D eigenvalue weighted by molar-refractivity contribution is 7.92. The SMILES string of the molecule is CC[C@H](C(=O)NCC(C)C)N(Cc1ccc(Cl)cc1Cl)C(=O)CCCN(c1ccccc1C)S(C)(=O)=O. The first-order chi connectivity index (χ1) is 17.3. The van der Waals surface area contributed by atoms with E-state index in [0.29, 0.717) is 34.3 Å². The Morgan fingerprint density at radius 1 is 1.08 bits per heavy atom. The Kier molecular flexibility index (Phi) is 11.7. The average Bonchev–Trinajstić information content (AvgIpc) is 2.81. The standard InChI is InChI=1S/C27H37Cl2N3O4S/c1-6-24(27(34)30-17-19(2)3)31(18-21-13-14-22(28)16-23(21)29)26(33)12-9-15-32(37(5,35)36)25-11-8-7-10-20(25)4/h7-8,10-11,13-14,16,19,24H,6,9,12,15,17-18H2,1-5H3,(H,30,34)/t24-/m1/s1. The van der Waals surface area contributed by atoms with Gasteiger partial charge in [-0.15, -0.1) is 0 Å². The van der Waals surface area contributed by atoms with E-state index in [1.54, 1.807) is 30.3 Å². The number of nitrogens with one attached hydrogen (secondary N) is 1. The third-order valence-corrected chi connectivity index (χ3v) is 7.73. The fourth-order valence-electron chi connectivity index (χ4n) is 4.00. The molecule has 10 heteroatoms. The molecule has 2 aromatic carbocycles. The molecule has 0 heterocycles. The van der Waals surface area contributed by atoms with Crippen molar-refractivity contribution in [1.82, 2.24) is 10.2 Å². The first-order valence-electron chi connectivity index (χ1n) is 12.4. The molecular formula is C27H37Cl2N3O4S. The fraction of sp³-hybridized carbons (Fsp3) is 0.481. The Hall–Kier alpha value is -2.29. The molecule has 0 fully saturated rings. The van der Waals surface area contributed by atoms with Crippen LogP contribution in [-0.4, -0.2) is 50.5 Å². The van der Waals surface area contributed by atoms with E-state index >= 15 is 0 Å². The first-order valence-corrected chi connectivity index (χ1v) is 15.0. The minimum atomic E-state index is -3.55. The minimum Gasteiger partial charge on any atom is -0.354 e. The molecule has 2 amide bonds. The lowest BCUT2D eigenvalue weighted by molar-refractivity contribution is -0.141. The van der Waals surface area contributed by atoms with Crippen molar-refractivity contribution in [1.29, 1.82) is 0 Å². The minimum absolute atomic E-state index is 0.0665. The molecule has 2 rings (SSSR count). The van der Waals surface area contributed by atoms with Crippen LogP contribution in [0.25, 0.3) is 0 Å². The normalized spacial score (nSPS) is 12.3. The number of sulfonamides is 1. The van der Waals surface area contributed by atoms with E-state index in [-0.39, 0.29) is 43.7 Å². The van der Waals surface area contributed by atoms with Gasteiger partial charge in [-0.3, -0.25) is 13.9 Å². The smallest absolute Gasteiger partial charge is 0.242 e. The van der Waals surface area contributed by atoms with E-state index in [4.69, 9.17) is 23.2 Å². The molecule has 0 spiro atoms. The summed E-state index contributed by atoms with van der Waals surface area (Å²) in [6.07, 6.45) is 1.92. The molecule has 0 aliphatic carbocycles. The number of carbonyl (C=O) groups is 2. The Morgan fingerprint density at radius 2 is 1.76 bits per heavy atom. The van der Waals surface area contributed by atoms with Crippen molar-refractivity contribution in [3.8, 4) is 0 Å². The molecule has 0 aliphatic rings. The van der Waals surface area contributed by atoms with E-state index in [2.05, 4.69) is 5.32 Å². The van der Waals surface area contributed by atoms with E-state index in [1.807, 2.05) is 39.8 Å². The zero-order valence-corrected chi connectivity index (χ0v) is 24.5. The van der Waals surface area contributed by atoms with Gasteiger partial charge in [-0.1, -0.05) is 68.2 Å². The predicted octanol–water partition coefficient (Wildman–Crippen LogP) is 5.43. The van der Waals surface area contributed by atoms with Crippen molar-refractivity contribution in [3.05, 3.63) is 63.6 Å². The summed E-state index contributed by atoms with van der Waals surface area (Å²) in [5.74, 6) is -0.220. The van der Waals surface area contributed by atoms with Gasteiger partial charge in [-0.25, -0.2) is 8.42 Å². The predicted molar refractivity (Wildman–Crippen MR) is 152 cm³/mol. The van der Waals surface area contributed by atoms with E-state index in [1.165, 1.54) is 9.21 Å². The second-order valence-electron chi connectivity index (χ2n) is 9.55. The van der Waals surface area contributed by atoms with Crippen LogP contribution in [0.15, 0.2) is 42.5 Å². The monoisotopic (exact) mass is 569 g/mol. The van der Waals surface area contributed by atoms with Crippen LogP contribution in [0.1, 0.15) is 51.2 Å². The molecule has 0 aliphatic heterocycles. The Bertz CT molecular complexity index is 1190. The number of amides is 2. The van der Waals surface area contributed by atoms with E-state index in [9.17, 15) is 18.0 Å². The molecule has 37 heavy (non-hydrogen) atoms. The van der Waals surface area contributed by atoms with Gasteiger partial charge < -0.3 is 10.2 Å². The van der Waals surface area contributed by atoms with Crippen molar-refractivity contribution < 1.29 is 18.0 Å². The fourth-order valence-corrected chi connectivity index (χ4v) is 5.49. The highest BCUT2D eigenvalue weighted by Gasteiger charge is 2.29. The van der Waals surface area contributed by atoms with Crippen LogP contribution in [-0.2, 0) is 26.2 Å². The molecule has 0 bridgehead atoms. The Balaban J connectivity index is 2.26. The lowest BCUT2D eigenvalue weighted by Crippen LogP contribution is -2.49. The summed E-state index contributed by atoms with van der Waals surface area (Å²) in [6.45, 7) is 8.47. The summed E-state index contributed by atoms with van der Waals surface area (Å²) in [4.78, 5) is 28.1. The van der Waals surface area contributed by atoms with Gasteiger partial charge in [0.15, 0.2) is 0 Å². The molecule has 2 aromatic rings. The molecule has 204 valence electrons. The first kappa shape index (κ1) is 30.9. The number of hydrogen-bond donors (Lipinski definition) is 1. The van der Waals surface area contributed by atoms with Crippen LogP contribution >= 0.6 is 23.2 Å². The Morgan fingerprint density at radius 3 is 2.32 bits per heavy atom. The second-order valence-corrected chi connectivity index (χ2v) is 12.3. The number of aryl methyl sites for hydroxylation is 1. The largest absolute Gasteiger partial charge is 0.354 e. The molecule has 0 radical (unpaired) electrons. The number of halogens is 2. The van der Waals surface area contributed by atoms with Gasteiger partial charge in [-0.2, -0.15) is 0 Å². The molecule has 7 nitrogen and oxygen atoms in total. The quantitative estimate of drug-likeness (QED) is 0.348. The highest BCUT2D eigenvalue weighted by Crippen LogP contribution is 2.25. The highest BCUT2D eigenvalue weighted by atomic mass is 35.5. The maximum Gasteiger partial charge on any atom is 0.242 e. The zero-order chi connectivity index (χ0) is 27.8. The van der Waals surface area contributed by atoms with Crippen LogP contribution in [0.4, 0.5) is 5.69 Å². The van der Waals surface area contributed by atoms with Gasteiger partial charge in [0, 0.05) is 36.1 Å². The molecular weight excluding hydrogens is 533 g/mol. The number of para-hydroxylation sites is 1. The summed E-state index contributed by atoms with van der Waals surface area (Å²) in [6, 6.07) is 11.6. The molecule has 0 saturated heterocycles. The summed E-state index contributed by atoms with van der Waals surface area (Å²) in [5.41, 5.74) is 2.08. The van der Waals surface area contributed by atoms with Crippen LogP contribution in [0.2, 0.25) is 10.0 Å². The van der Waals surface area contributed by atoms with Crippen molar-refractivity contribution in [2.75, 3.05) is 23.7 Å². The van der Waals surface area contributed by atoms with Gasteiger partial charge in [0.2, 0.25) is 21.8 Å². The number of rotatable bonds is 13. The van der Waals surface area contributed by atoms with E-state index < -0.39 is 16.1 Å². The molecule has 0 aromatic heterocycles. The topological polar surface area (TPSA) is 86.8 Å². The van der Waals surface area contributed by atoms with Crippen molar-refractivity contribution in [3.63, 3.8) is 0 Å². The van der Waals surface area contributed by atoms with Crippen LogP contribution in [0, 0.1) is 12.8 Å². The number of benzene rings is 2. The zero-order valence-electron chi connectivity index (χ0n) is 22.1. The molecule has 0 unspecified atom stereocenters. The van der Waals surface area contributed by atoms with Crippen molar-refractivity contribution in [2.24, 2.45) is 5.92 Å².